The van der Waals surface area contributed by atoms with E-state index in [1.165, 1.54) is 20.3 Å². The zero-order valence-corrected chi connectivity index (χ0v) is 12.3. The molecule has 0 amide bonds. The van der Waals surface area contributed by atoms with Gasteiger partial charge in [-0.3, -0.25) is 0 Å². The Hall–Kier alpha value is -0.710. The summed E-state index contributed by atoms with van der Waals surface area (Å²) in [5.41, 5.74) is 2.52. The molecule has 0 aliphatic rings. The van der Waals surface area contributed by atoms with E-state index in [0.29, 0.717) is 6.04 Å². The van der Waals surface area contributed by atoms with Gasteiger partial charge >= 0.3 is 0 Å². The van der Waals surface area contributed by atoms with Crippen molar-refractivity contribution in [1.29, 1.82) is 0 Å². The second kappa shape index (κ2) is 5.29. The smallest absolute Gasteiger partial charge is 0.110 e. The molecule has 4 heteroatoms. The zero-order valence-electron chi connectivity index (χ0n) is 10.7. The van der Waals surface area contributed by atoms with E-state index in [9.17, 15) is 0 Å². The highest BCUT2D eigenvalue weighted by Gasteiger charge is 2.10. The molecule has 2 aromatic heterocycles. The summed E-state index contributed by atoms with van der Waals surface area (Å²) in [7, 11) is 0. The molecule has 2 heterocycles. The van der Waals surface area contributed by atoms with Gasteiger partial charge in [0.15, 0.2) is 0 Å². The highest BCUT2D eigenvalue weighted by Crippen LogP contribution is 2.22. The van der Waals surface area contributed by atoms with Crippen molar-refractivity contribution in [1.82, 2.24) is 10.3 Å². The molecule has 2 aromatic rings. The first-order chi connectivity index (χ1) is 8.06. The second-order valence-electron chi connectivity index (χ2n) is 4.37. The second-order valence-corrected chi connectivity index (χ2v) is 6.72. The number of thiazole rings is 1. The maximum absolute atomic E-state index is 4.51. The first-order valence-electron chi connectivity index (χ1n) is 5.77. The van der Waals surface area contributed by atoms with Crippen LogP contribution in [-0.4, -0.2) is 4.98 Å². The van der Waals surface area contributed by atoms with Gasteiger partial charge in [-0.1, -0.05) is 0 Å². The van der Waals surface area contributed by atoms with Gasteiger partial charge in [0.1, 0.15) is 5.01 Å². The number of rotatable bonds is 4. The number of thiophene rings is 1. The van der Waals surface area contributed by atoms with Crippen LogP contribution in [-0.2, 0) is 6.54 Å². The summed E-state index contributed by atoms with van der Waals surface area (Å²) in [5, 5.41) is 6.82. The highest BCUT2D eigenvalue weighted by molar-refractivity contribution is 7.12. The monoisotopic (exact) mass is 266 g/mol. The lowest BCUT2D eigenvalue weighted by Crippen LogP contribution is -2.18. The van der Waals surface area contributed by atoms with Gasteiger partial charge in [0, 0.05) is 27.4 Å². The summed E-state index contributed by atoms with van der Waals surface area (Å²) in [5.74, 6) is 0. The fourth-order valence-electron chi connectivity index (χ4n) is 1.78. The number of nitrogens with one attached hydrogen (secondary N) is 1. The minimum atomic E-state index is 0.327. The Morgan fingerprint density at radius 3 is 2.65 bits per heavy atom. The van der Waals surface area contributed by atoms with Gasteiger partial charge in [-0.25, -0.2) is 4.98 Å². The van der Waals surface area contributed by atoms with Gasteiger partial charge in [-0.2, -0.15) is 0 Å². The first kappa shape index (κ1) is 12.7. The van der Waals surface area contributed by atoms with Gasteiger partial charge in [-0.05, 0) is 39.3 Å². The zero-order chi connectivity index (χ0) is 12.4. The van der Waals surface area contributed by atoms with E-state index in [0.717, 1.165) is 12.2 Å². The molecule has 1 unspecified atom stereocenters. The average Bonchev–Trinajstić information content (AvgIpc) is 2.82. The van der Waals surface area contributed by atoms with E-state index in [-0.39, 0.29) is 0 Å². The van der Waals surface area contributed by atoms with Gasteiger partial charge < -0.3 is 5.32 Å². The molecule has 0 bridgehead atoms. The van der Waals surface area contributed by atoms with E-state index < -0.39 is 0 Å². The number of aromatic nitrogens is 1. The Balaban J connectivity index is 1.96. The van der Waals surface area contributed by atoms with Crippen LogP contribution < -0.4 is 5.32 Å². The van der Waals surface area contributed by atoms with Crippen molar-refractivity contribution in [2.24, 2.45) is 0 Å². The number of hydrogen-bond acceptors (Lipinski definition) is 4. The van der Waals surface area contributed by atoms with E-state index >= 15 is 0 Å². The lowest BCUT2D eigenvalue weighted by molar-refractivity contribution is 0.571. The summed E-state index contributed by atoms with van der Waals surface area (Å²) >= 11 is 3.60. The minimum Gasteiger partial charge on any atom is -0.304 e. The van der Waals surface area contributed by atoms with Crippen LogP contribution in [0.1, 0.15) is 39.0 Å². The largest absolute Gasteiger partial charge is 0.304 e. The summed E-state index contributed by atoms with van der Waals surface area (Å²) in [4.78, 5) is 7.31. The number of hydrogen-bond donors (Lipinski definition) is 1. The normalized spacial score (nSPS) is 12.9. The van der Waals surface area contributed by atoms with Gasteiger partial charge in [0.05, 0.1) is 6.04 Å². The van der Waals surface area contributed by atoms with Gasteiger partial charge in [0.2, 0.25) is 0 Å². The van der Waals surface area contributed by atoms with Crippen LogP contribution in [0.4, 0.5) is 0 Å². The van der Waals surface area contributed by atoms with Crippen molar-refractivity contribution in [2.75, 3.05) is 0 Å². The third kappa shape index (κ3) is 3.15. The Kier molecular flexibility index (Phi) is 3.97. The quantitative estimate of drug-likeness (QED) is 0.905. The van der Waals surface area contributed by atoms with Crippen LogP contribution in [0.25, 0.3) is 0 Å². The molecule has 0 aliphatic heterocycles. The molecule has 2 nitrogen and oxygen atoms in total. The molecule has 92 valence electrons. The van der Waals surface area contributed by atoms with Crippen LogP contribution in [0.5, 0.6) is 0 Å². The molecule has 0 aromatic carbocycles. The fourth-order valence-corrected chi connectivity index (χ4v) is 3.55. The van der Waals surface area contributed by atoms with E-state index in [1.807, 2.05) is 18.3 Å². The van der Waals surface area contributed by atoms with Crippen LogP contribution in [0.15, 0.2) is 11.4 Å². The van der Waals surface area contributed by atoms with Gasteiger partial charge in [-0.15, -0.1) is 22.7 Å². The molecular formula is C13H18N2S2. The highest BCUT2D eigenvalue weighted by atomic mass is 32.1. The Morgan fingerprint density at radius 2 is 2.12 bits per heavy atom. The van der Waals surface area contributed by atoms with Crippen molar-refractivity contribution < 1.29 is 0 Å². The van der Waals surface area contributed by atoms with Crippen molar-refractivity contribution in [3.63, 3.8) is 0 Å². The topological polar surface area (TPSA) is 24.9 Å². The summed E-state index contributed by atoms with van der Waals surface area (Å²) in [6.45, 7) is 9.49. The third-order valence-corrected chi connectivity index (χ3v) is 4.90. The molecule has 2 rings (SSSR count). The molecule has 0 aliphatic carbocycles. The number of aryl methyl sites for hydroxylation is 3. The standard InChI is InChI=1S/C13H18N2S2/c1-8-7-16-13(15-8)10(3)14-6-12-5-9(2)17-11(12)4/h5,7,10,14H,6H2,1-4H3. The summed E-state index contributed by atoms with van der Waals surface area (Å²) in [6.07, 6.45) is 0. The Morgan fingerprint density at radius 1 is 1.35 bits per heavy atom. The molecule has 1 N–H and O–H groups in total. The SMILES string of the molecule is Cc1csc(C(C)NCc2cc(C)sc2C)n1. The molecule has 0 fully saturated rings. The maximum atomic E-state index is 4.51. The summed E-state index contributed by atoms with van der Waals surface area (Å²) in [6, 6.07) is 2.60. The van der Waals surface area contributed by atoms with E-state index in [1.54, 1.807) is 11.3 Å². The van der Waals surface area contributed by atoms with E-state index in [2.05, 4.69) is 42.5 Å². The number of nitrogens with zero attached hydrogens (tertiary/aromatic N) is 1. The van der Waals surface area contributed by atoms with Crippen LogP contribution in [0, 0.1) is 20.8 Å². The van der Waals surface area contributed by atoms with E-state index in [4.69, 9.17) is 0 Å². The molecular weight excluding hydrogens is 248 g/mol. The predicted octanol–water partition coefficient (Wildman–Crippen LogP) is 3.98. The predicted molar refractivity (Wildman–Crippen MR) is 75.9 cm³/mol. The van der Waals surface area contributed by atoms with Crippen molar-refractivity contribution in [2.45, 2.75) is 40.3 Å². The summed E-state index contributed by atoms with van der Waals surface area (Å²) < 4.78 is 0. The Bertz CT molecular complexity index is 499. The molecule has 17 heavy (non-hydrogen) atoms. The maximum Gasteiger partial charge on any atom is 0.110 e. The first-order valence-corrected chi connectivity index (χ1v) is 7.47. The van der Waals surface area contributed by atoms with Crippen LogP contribution in [0.3, 0.4) is 0 Å². The molecule has 0 radical (unpaired) electrons. The molecule has 0 saturated carbocycles. The molecule has 1 atom stereocenters. The average molecular weight is 266 g/mol. The fraction of sp³-hybridized carbons (Fsp3) is 0.462. The van der Waals surface area contributed by atoms with Crippen LogP contribution in [0.2, 0.25) is 0 Å². The van der Waals surface area contributed by atoms with Crippen molar-refractivity contribution in [3.05, 3.63) is 37.5 Å². The van der Waals surface area contributed by atoms with Gasteiger partial charge in [0.25, 0.3) is 0 Å². The lowest BCUT2D eigenvalue weighted by Gasteiger charge is -2.10. The van der Waals surface area contributed by atoms with Crippen LogP contribution >= 0.6 is 22.7 Å². The minimum absolute atomic E-state index is 0.327. The van der Waals surface area contributed by atoms with Crippen molar-refractivity contribution in [3.8, 4) is 0 Å². The van der Waals surface area contributed by atoms with Crippen molar-refractivity contribution >= 4 is 22.7 Å². The third-order valence-electron chi connectivity index (χ3n) is 2.75. The lowest BCUT2D eigenvalue weighted by atomic mass is 10.2. The Labute approximate surface area is 111 Å². The molecule has 0 saturated heterocycles. The molecule has 0 spiro atoms.